The molecule has 18 heavy (non-hydrogen) atoms. The fraction of sp³-hybridized carbons (Fsp3) is 1.00. The zero-order valence-corrected chi connectivity index (χ0v) is 13.0. The normalized spacial score (nSPS) is 21.0. The van der Waals surface area contributed by atoms with E-state index in [9.17, 15) is 0 Å². The van der Waals surface area contributed by atoms with Gasteiger partial charge in [0.25, 0.3) is 0 Å². The summed E-state index contributed by atoms with van der Waals surface area (Å²) in [4.78, 5) is 0. The highest BCUT2D eigenvalue weighted by atomic mass is 16.7. The lowest BCUT2D eigenvalue weighted by atomic mass is 9.75. The van der Waals surface area contributed by atoms with Gasteiger partial charge in [-0.2, -0.15) is 0 Å². The molecule has 0 aromatic heterocycles. The summed E-state index contributed by atoms with van der Waals surface area (Å²) in [5.74, 6) is 0.385. The van der Waals surface area contributed by atoms with Gasteiger partial charge >= 0.3 is 14.2 Å². The van der Waals surface area contributed by atoms with Crippen LogP contribution in [0.25, 0.3) is 0 Å². The molecule has 0 amide bonds. The molecule has 0 aromatic rings. The Labute approximate surface area is 112 Å². The Bertz CT molecular complexity index is 230. The Hall–Kier alpha value is -0.0301. The maximum atomic E-state index is 8.19. The quantitative estimate of drug-likeness (QED) is 0.746. The molecule has 0 unspecified atom stereocenters. The molecule has 0 aliphatic carbocycles. The van der Waals surface area contributed by atoms with E-state index in [1.807, 2.05) is 0 Å². The number of hydrogen-bond acceptors (Lipinski definition) is 4. The van der Waals surface area contributed by atoms with Crippen LogP contribution in [0.1, 0.15) is 55.4 Å². The van der Waals surface area contributed by atoms with E-state index in [4.69, 9.17) is 19.4 Å². The Morgan fingerprint density at radius 3 is 1.28 bits per heavy atom. The molecule has 106 valence electrons. The fourth-order valence-electron chi connectivity index (χ4n) is 1.16. The first kappa shape index (κ1) is 18.0. The molecule has 6 heteroatoms. The molecular formula is C12H28B2O4. The van der Waals surface area contributed by atoms with E-state index >= 15 is 0 Å². The van der Waals surface area contributed by atoms with Gasteiger partial charge in [-0.1, -0.05) is 27.7 Å². The van der Waals surface area contributed by atoms with Crippen molar-refractivity contribution in [2.75, 3.05) is 0 Å². The summed E-state index contributed by atoms with van der Waals surface area (Å²) in [5.41, 5.74) is -0.357. The Kier molecular flexibility index (Phi) is 6.41. The van der Waals surface area contributed by atoms with Crippen LogP contribution in [0.2, 0.25) is 11.6 Å². The van der Waals surface area contributed by atoms with E-state index in [1.165, 1.54) is 0 Å². The molecule has 2 N–H and O–H groups in total. The van der Waals surface area contributed by atoms with Crippen molar-refractivity contribution < 1.29 is 19.4 Å². The second-order valence-corrected chi connectivity index (χ2v) is 6.53. The van der Waals surface area contributed by atoms with Crippen LogP contribution in [-0.2, 0) is 9.31 Å². The molecule has 0 spiro atoms. The molecule has 4 nitrogen and oxygen atoms in total. The van der Waals surface area contributed by atoms with Crippen molar-refractivity contribution in [1.29, 1.82) is 0 Å². The molecule has 0 bridgehead atoms. The zero-order valence-electron chi connectivity index (χ0n) is 13.0. The Balaban J connectivity index is 0.000000411. The minimum absolute atomic E-state index is 0.0370. The van der Waals surface area contributed by atoms with E-state index in [0.717, 1.165) is 0 Å². The van der Waals surface area contributed by atoms with E-state index in [2.05, 4.69) is 41.5 Å². The van der Waals surface area contributed by atoms with Gasteiger partial charge in [0.15, 0.2) is 0 Å². The third kappa shape index (κ3) is 4.92. The van der Waals surface area contributed by atoms with Crippen LogP contribution in [0.4, 0.5) is 0 Å². The van der Waals surface area contributed by atoms with Gasteiger partial charge in [-0.3, -0.25) is 0 Å². The molecule has 0 aromatic carbocycles. The molecular weight excluding hydrogens is 230 g/mol. The summed E-state index contributed by atoms with van der Waals surface area (Å²) in [6.45, 7) is 16.0. The summed E-state index contributed by atoms with van der Waals surface area (Å²) < 4.78 is 11.6. The van der Waals surface area contributed by atoms with Gasteiger partial charge in [-0.25, -0.2) is 0 Å². The van der Waals surface area contributed by atoms with Crippen molar-refractivity contribution in [3.05, 3.63) is 0 Å². The first-order chi connectivity index (χ1) is 7.90. The van der Waals surface area contributed by atoms with Crippen LogP contribution in [-0.4, -0.2) is 35.5 Å². The van der Waals surface area contributed by atoms with Crippen LogP contribution in [0, 0.1) is 0 Å². The van der Waals surface area contributed by atoms with Gasteiger partial charge in [0.05, 0.1) is 11.2 Å². The molecule has 1 aliphatic heterocycles. The third-order valence-corrected chi connectivity index (χ3v) is 3.41. The largest absolute Gasteiger partial charge is 0.460 e. The van der Waals surface area contributed by atoms with Crippen LogP contribution in [0.3, 0.4) is 0 Å². The monoisotopic (exact) mass is 258 g/mol. The fourth-order valence-corrected chi connectivity index (χ4v) is 1.16. The molecule has 0 atom stereocenters. The lowest BCUT2D eigenvalue weighted by Gasteiger charge is -2.32. The summed E-state index contributed by atoms with van der Waals surface area (Å²) >= 11 is 0. The van der Waals surface area contributed by atoms with Crippen LogP contribution in [0.5, 0.6) is 0 Å². The molecule has 1 saturated heterocycles. The van der Waals surface area contributed by atoms with Gasteiger partial charge < -0.3 is 19.4 Å². The van der Waals surface area contributed by atoms with Gasteiger partial charge in [0.2, 0.25) is 0 Å². The molecule has 1 fully saturated rings. The molecule has 0 radical (unpaired) electrons. The zero-order chi connectivity index (χ0) is 14.7. The van der Waals surface area contributed by atoms with E-state index in [0.29, 0.717) is 5.82 Å². The van der Waals surface area contributed by atoms with Crippen molar-refractivity contribution in [1.82, 2.24) is 0 Å². The van der Waals surface area contributed by atoms with Crippen molar-refractivity contribution in [3.63, 3.8) is 0 Å². The van der Waals surface area contributed by atoms with Crippen LogP contribution < -0.4 is 0 Å². The molecule has 0 saturated carbocycles. The smallest absolute Gasteiger partial charge is 0.427 e. The lowest BCUT2D eigenvalue weighted by Crippen LogP contribution is -2.41. The van der Waals surface area contributed by atoms with Crippen LogP contribution in [0.15, 0.2) is 0 Å². The summed E-state index contributed by atoms with van der Waals surface area (Å²) in [6, 6.07) is 0. The minimum atomic E-state index is -1.15. The third-order valence-electron chi connectivity index (χ3n) is 3.41. The summed E-state index contributed by atoms with van der Waals surface area (Å²) in [7, 11) is -1.19. The average Bonchev–Trinajstić information content (AvgIpc) is 2.37. The first-order valence-corrected chi connectivity index (χ1v) is 6.62. The summed E-state index contributed by atoms with van der Waals surface area (Å²) in [6.07, 6.45) is 0. The van der Waals surface area contributed by atoms with Crippen LogP contribution >= 0.6 is 0 Å². The van der Waals surface area contributed by atoms with Crippen molar-refractivity contribution in [2.24, 2.45) is 0 Å². The van der Waals surface area contributed by atoms with E-state index < -0.39 is 7.12 Å². The van der Waals surface area contributed by atoms with Gasteiger partial charge in [-0.15, -0.1) is 0 Å². The second-order valence-electron chi connectivity index (χ2n) is 6.53. The minimum Gasteiger partial charge on any atom is -0.427 e. The summed E-state index contributed by atoms with van der Waals surface area (Å²) in [5, 5.41) is 16.4. The highest BCUT2D eigenvalue weighted by molar-refractivity contribution is 6.47. The molecule has 1 rings (SSSR count). The number of hydrogen-bond donors (Lipinski definition) is 2. The highest BCUT2D eigenvalue weighted by Gasteiger charge is 2.51. The van der Waals surface area contributed by atoms with Crippen molar-refractivity contribution in [2.45, 2.75) is 78.2 Å². The van der Waals surface area contributed by atoms with E-state index in [-0.39, 0.29) is 24.1 Å². The lowest BCUT2D eigenvalue weighted by molar-refractivity contribution is 0.00578. The standard InChI is InChI=1S/C9H19BO2.C3H9BO2/c1-7(2)10-11-8(3,4)9(5,6)12-10;1-3(2)4(5)6/h7H,1-6H3;3,5-6H,1-2H3. The van der Waals surface area contributed by atoms with Gasteiger partial charge in [-0.05, 0) is 39.3 Å². The van der Waals surface area contributed by atoms with Crippen molar-refractivity contribution in [3.8, 4) is 0 Å². The van der Waals surface area contributed by atoms with E-state index in [1.54, 1.807) is 13.8 Å². The topological polar surface area (TPSA) is 58.9 Å². The Morgan fingerprint density at radius 2 is 1.17 bits per heavy atom. The molecule has 1 aliphatic rings. The maximum absolute atomic E-state index is 8.19. The van der Waals surface area contributed by atoms with Crippen molar-refractivity contribution >= 4 is 14.2 Å². The van der Waals surface area contributed by atoms with Gasteiger partial charge in [0.1, 0.15) is 0 Å². The predicted octanol–water partition coefficient (Wildman–Crippen LogP) is 2.36. The molecule has 1 heterocycles. The Morgan fingerprint density at radius 1 is 0.889 bits per heavy atom. The highest BCUT2D eigenvalue weighted by Crippen LogP contribution is 2.39. The second kappa shape index (κ2) is 6.42. The SMILES string of the molecule is CC(C)B(O)O.CC(C)B1OC(C)(C)C(C)(C)O1. The first-order valence-electron chi connectivity index (χ1n) is 6.62. The predicted molar refractivity (Wildman–Crippen MR) is 76.5 cm³/mol. The maximum Gasteiger partial charge on any atom is 0.460 e. The van der Waals surface area contributed by atoms with Gasteiger partial charge in [0, 0.05) is 0 Å². The number of rotatable bonds is 2. The average molecular weight is 258 g/mol.